The zero-order valence-corrected chi connectivity index (χ0v) is 14.0. The van der Waals surface area contributed by atoms with E-state index >= 15 is 0 Å². The summed E-state index contributed by atoms with van der Waals surface area (Å²) in [6.07, 6.45) is 6.34. The van der Waals surface area contributed by atoms with Crippen LogP contribution in [0.5, 0.6) is 0 Å². The third-order valence-electron chi connectivity index (χ3n) is 5.09. The van der Waals surface area contributed by atoms with Crippen molar-refractivity contribution in [3.8, 4) is 0 Å². The summed E-state index contributed by atoms with van der Waals surface area (Å²) < 4.78 is 5.45. The lowest BCUT2D eigenvalue weighted by atomic mass is 10.0. The highest BCUT2D eigenvalue weighted by Crippen LogP contribution is 2.38. The number of hydrogen-bond donors (Lipinski definition) is 1. The highest BCUT2D eigenvalue weighted by Gasteiger charge is 2.34. The first-order chi connectivity index (χ1) is 11.7. The van der Waals surface area contributed by atoms with Gasteiger partial charge in [-0.05, 0) is 31.2 Å². The van der Waals surface area contributed by atoms with Crippen LogP contribution in [0.25, 0.3) is 0 Å². The predicted octanol–water partition coefficient (Wildman–Crippen LogP) is 3.25. The molecule has 1 aromatic carbocycles. The second-order valence-electron chi connectivity index (χ2n) is 7.38. The molecule has 1 aromatic heterocycles. The summed E-state index contributed by atoms with van der Waals surface area (Å²) in [5.41, 5.74) is 0.662. The Hall–Kier alpha value is -1.72. The molecule has 5 heteroatoms. The predicted molar refractivity (Wildman–Crippen MR) is 90.2 cm³/mol. The van der Waals surface area contributed by atoms with Gasteiger partial charge in [-0.3, -0.25) is 4.90 Å². The summed E-state index contributed by atoms with van der Waals surface area (Å²) in [5.74, 6) is 2.02. The zero-order valence-electron chi connectivity index (χ0n) is 14.0. The van der Waals surface area contributed by atoms with Crippen molar-refractivity contribution in [3.05, 3.63) is 47.6 Å². The summed E-state index contributed by atoms with van der Waals surface area (Å²) in [6.45, 7) is 2.03. The van der Waals surface area contributed by atoms with Gasteiger partial charge in [0.1, 0.15) is 0 Å². The van der Waals surface area contributed by atoms with E-state index in [-0.39, 0.29) is 0 Å². The minimum atomic E-state index is -0.575. The van der Waals surface area contributed by atoms with E-state index in [4.69, 9.17) is 4.52 Å². The average molecular weight is 327 g/mol. The Labute approximate surface area is 142 Å². The van der Waals surface area contributed by atoms with Gasteiger partial charge in [-0.25, -0.2) is 0 Å². The highest BCUT2D eigenvalue weighted by molar-refractivity contribution is 5.14. The van der Waals surface area contributed by atoms with Gasteiger partial charge in [-0.1, -0.05) is 48.3 Å². The van der Waals surface area contributed by atoms with E-state index in [2.05, 4.69) is 39.3 Å². The quantitative estimate of drug-likeness (QED) is 0.846. The molecule has 0 unspecified atom stereocenters. The molecule has 2 saturated carbocycles. The van der Waals surface area contributed by atoms with Crippen LogP contribution < -0.4 is 0 Å². The van der Waals surface area contributed by atoms with Crippen molar-refractivity contribution < 1.29 is 9.63 Å². The number of nitrogens with zero attached hydrogens (tertiary/aromatic N) is 3. The van der Waals surface area contributed by atoms with Crippen molar-refractivity contribution in [1.29, 1.82) is 0 Å². The average Bonchev–Trinajstić information content (AvgIpc) is 3.18. The third-order valence-corrected chi connectivity index (χ3v) is 5.09. The minimum Gasteiger partial charge on any atom is -0.389 e. The maximum atomic E-state index is 10.8. The van der Waals surface area contributed by atoms with Gasteiger partial charge in [0.2, 0.25) is 5.89 Å². The molecule has 128 valence electrons. The molecule has 2 aliphatic carbocycles. The van der Waals surface area contributed by atoms with Gasteiger partial charge in [0.05, 0.1) is 12.1 Å². The summed E-state index contributed by atoms with van der Waals surface area (Å²) in [7, 11) is 0. The molecule has 4 rings (SSSR count). The molecule has 0 saturated heterocycles. The molecule has 0 amide bonds. The molecule has 2 fully saturated rings. The molecule has 1 heterocycles. The molecule has 5 nitrogen and oxygen atoms in total. The van der Waals surface area contributed by atoms with Gasteiger partial charge < -0.3 is 9.63 Å². The molecule has 0 radical (unpaired) electrons. The molecule has 2 aliphatic rings. The van der Waals surface area contributed by atoms with Crippen molar-refractivity contribution in [1.82, 2.24) is 15.0 Å². The lowest BCUT2D eigenvalue weighted by Gasteiger charge is -2.30. The van der Waals surface area contributed by atoms with Crippen LogP contribution in [0.3, 0.4) is 0 Å². The van der Waals surface area contributed by atoms with E-state index in [0.29, 0.717) is 24.9 Å². The van der Waals surface area contributed by atoms with Crippen LogP contribution in [0.1, 0.15) is 61.7 Å². The van der Waals surface area contributed by atoms with Crippen LogP contribution in [0.15, 0.2) is 34.9 Å². The number of benzene rings is 1. The maximum Gasteiger partial charge on any atom is 0.240 e. The van der Waals surface area contributed by atoms with Crippen molar-refractivity contribution >= 4 is 0 Å². The van der Waals surface area contributed by atoms with Crippen molar-refractivity contribution in [2.75, 3.05) is 6.54 Å². The van der Waals surface area contributed by atoms with Gasteiger partial charge in [0, 0.05) is 19.0 Å². The van der Waals surface area contributed by atoms with E-state index in [1.165, 1.54) is 18.4 Å². The number of rotatable bonds is 7. The van der Waals surface area contributed by atoms with E-state index in [9.17, 15) is 5.11 Å². The number of hydrogen-bond acceptors (Lipinski definition) is 5. The molecular weight excluding hydrogens is 302 g/mol. The summed E-state index contributed by atoms with van der Waals surface area (Å²) in [4.78, 5) is 6.79. The summed E-state index contributed by atoms with van der Waals surface area (Å²) in [6, 6.07) is 10.4. The second-order valence-corrected chi connectivity index (χ2v) is 7.38. The molecule has 24 heavy (non-hydrogen) atoms. The first-order valence-electron chi connectivity index (χ1n) is 9.01. The third kappa shape index (κ3) is 3.84. The molecule has 2 aromatic rings. The summed E-state index contributed by atoms with van der Waals surface area (Å²) in [5, 5.41) is 14.9. The molecule has 0 atom stereocenters. The normalized spacial score (nSPS) is 19.9. The highest BCUT2D eigenvalue weighted by atomic mass is 16.5. The molecule has 0 aliphatic heterocycles. The lowest BCUT2D eigenvalue weighted by Crippen LogP contribution is -2.40. The summed E-state index contributed by atoms with van der Waals surface area (Å²) >= 11 is 0. The van der Waals surface area contributed by atoms with E-state index in [1.54, 1.807) is 0 Å². The Balaban J connectivity index is 1.47. The Kier molecular flexibility index (Phi) is 4.37. The smallest absolute Gasteiger partial charge is 0.240 e. The van der Waals surface area contributed by atoms with E-state index in [1.807, 2.05) is 6.07 Å². The van der Waals surface area contributed by atoms with Gasteiger partial charge in [-0.15, -0.1) is 0 Å². The Bertz CT molecular complexity index is 660. The molecule has 0 bridgehead atoms. The Morgan fingerprint density at radius 3 is 2.58 bits per heavy atom. The van der Waals surface area contributed by atoms with Gasteiger partial charge in [0.15, 0.2) is 5.82 Å². The SMILES string of the molecule is OC1(CN(Cc2ccccc2)Cc2nc(C3CC3)no2)CCCC1. The number of aromatic nitrogens is 2. The largest absolute Gasteiger partial charge is 0.389 e. The second kappa shape index (κ2) is 6.65. The minimum absolute atomic E-state index is 0.504. The first kappa shape index (κ1) is 15.8. The van der Waals surface area contributed by atoms with Gasteiger partial charge in [0.25, 0.3) is 0 Å². The van der Waals surface area contributed by atoms with Gasteiger partial charge >= 0.3 is 0 Å². The Morgan fingerprint density at radius 1 is 1.12 bits per heavy atom. The molecular formula is C19H25N3O2. The first-order valence-corrected chi connectivity index (χ1v) is 9.01. The van der Waals surface area contributed by atoms with E-state index in [0.717, 1.165) is 38.1 Å². The van der Waals surface area contributed by atoms with Crippen molar-refractivity contribution in [2.45, 2.75) is 63.1 Å². The van der Waals surface area contributed by atoms with Gasteiger partial charge in [-0.2, -0.15) is 4.98 Å². The Morgan fingerprint density at radius 2 is 1.88 bits per heavy atom. The zero-order chi connectivity index (χ0) is 16.4. The maximum absolute atomic E-state index is 10.8. The molecule has 0 spiro atoms. The van der Waals surface area contributed by atoms with Crippen LogP contribution in [0, 0.1) is 0 Å². The van der Waals surface area contributed by atoms with E-state index < -0.39 is 5.60 Å². The lowest BCUT2D eigenvalue weighted by molar-refractivity contribution is 0.00195. The fraction of sp³-hybridized carbons (Fsp3) is 0.579. The van der Waals surface area contributed by atoms with Crippen LogP contribution in [-0.2, 0) is 13.1 Å². The fourth-order valence-electron chi connectivity index (χ4n) is 3.65. The topological polar surface area (TPSA) is 62.4 Å². The van der Waals surface area contributed by atoms with Crippen LogP contribution in [0.4, 0.5) is 0 Å². The van der Waals surface area contributed by atoms with Crippen molar-refractivity contribution in [3.63, 3.8) is 0 Å². The number of aliphatic hydroxyl groups is 1. The monoisotopic (exact) mass is 327 g/mol. The van der Waals surface area contributed by atoms with Crippen molar-refractivity contribution in [2.24, 2.45) is 0 Å². The molecule has 1 N–H and O–H groups in total. The van der Waals surface area contributed by atoms with Crippen LogP contribution in [0.2, 0.25) is 0 Å². The fourth-order valence-corrected chi connectivity index (χ4v) is 3.65. The van der Waals surface area contributed by atoms with Crippen LogP contribution >= 0.6 is 0 Å². The van der Waals surface area contributed by atoms with Crippen LogP contribution in [-0.4, -0.2) is 32.3 Å². The standard InChI is InChI=1S/C19H25N3O2/c23-19(10-4-5-11-19)14-22(12-15-6-2-1-3-7-15)13-17-20-18(21-24-17)16-8-9-16/h1-3,6-7,16,23H,4-5,8-14H2.